The Labute approximate surface area is 504 Å². The van der Waals surface area contributed by atoms with Crippen LogP contribution in [0.1, 0.15) is 0 Å². The number of aromatic nitrogens is 1. The van der Waals surface area contributed by atoms with Crippen LogP contribution < -0.4 is 9.80 Å². The zero-order valence-corrected chi connectivity index (χ0v) is 47.6. The summed E-state index contributed by atoms with van der Waals surface area (Å²) in [4.78, 5) is 4.85. The molecule has 0 bridgehead atoms. The van der Waals surface area contributed by atoms with Crippen molar-refractivity contribution >= 4 is 121 Å². The van der Waals surface area contributed by atoms with Gasteiger partial charge in [0.15, 0.2) is 0 Å². The molecule has 1 heterocycles. The molecule has 17 rings (SSSR count). The maximum atomic E-state index is 2.49. The van der Waals surface area contributed by atoms with Crippen molar-refractivity contribution in [2.24, 2.45) is 0 Å². The van der Waals surface area contributed by atoms with E-state index in [9.17, 15) is 0 Å². The summed E-state index contributed by atoms with van der Waals surface area (Å²) >= 11 is 0. The van der Waals surface area contributed by atoms with Gasteiger partial charge in [0.25, 0.3) is 0 Å². The van der Waals surface area contributed by atoms with Crippen LogP contribution in [0.4, 0.5) is 34.1 Å². The second-order valence-corrected chi connectivity index (χ2v) is 22.8. The second kappa shape index (κ2) is 20.7. The van der Waals surface area contributed by atoms with Gasteiger partial charge in [0.2, 0.25) is 0 Å². The van der Waals surface area contributed by atoms with Gasteiger partial charge in [-0.3, -0.25) is 0 Å². The monoisotopic (exact) mass is 1110 g/mol. The molecule has 0 saturated heterocycles. The van der Waals surface area contributed by atoms with E-state index in [1.165, 1.54) is 97.7 Å². The van der Waals surface area contributed by atoms with Crippen molar-refractivity contribution in [1.29, 1.82) is 0 Å². The van der Waals surface area contributed by atoms with E-state index in [0.29, 0.717) is 0 Å². The molecule has 0 atom stereocenters. The van der Waals surface area contributed by atoms with Gasteiger partial charge in [-0.15, -0.1) is 0 Å². The Morgan fingerprint density at radius 3 is 1.32 bits per heavy atom. The van der Waals surface area contributed by atoms with Crippen molar-refractivity contribution in [3.63, 3.8) is 0 Å². The maximum Gasteiger partial charge on any atom is 0.0542 e. The largest absolute Gasteiger partial charge is 0.310 e. The normalized spacial score (nSPS) is 11.7. The van der Waals surface area contributed by atoms with Gasteiger partial charge in [-0.25, -0.2) is 0 Å². The van der Waals surface area contributed by atoms with Crippen LogP contribution in [-0.2, 0) is 0 Å². The predicted octanol–water partition coefficient (Wildman–Crippen LogP) is 23.6. The van der Waals surface area contributed by atoms with Crippen molar-refractivity contribution in [2.45, 2.75) is 0 Å². The highest BCUT2D eigenvalue weighted by Gasteiger charge is 2.23. The first-order valence-electron chi connectivity index (χ1n) is 30.0. The van der Waals surface area contributed by atoms with Crippen LogP contribution in [0.15, 0.2) is 334 Å². The van der Waals surface area contributed by atoms with E-state index in [4.69, 9.17) is 0 Å². The third kappa shape index (κ3) is 8.43. The van der Waals surface area contributed by atoms with Crippen LogP contribution in [0.3, 0.4) is 0 Å². The molecular weight excluding hydrogens is 1050 g/mol. The molecule has 17 aromatic rings. The van der Waals surface area contributed by atoms with E-state index in [1.54, 1.807) is 0 Å². The van der Waals surface area contributed by atoms with Gasteiger partial charge in [0, 0.05) is 50.0 Å². The van der Waals surface area contributed by atoms with Gasteiger partial charge in [0.05, 0.1) is 22.4 Å². The molecule has 0 N–H and O–H groups in total. The van der Waals surface area contributed by atoms with Crippen molar-refractivity contribution in [3.8, 4) is 39.1 Å². The summed E-state index contributed by atoms with van der Waals surface area (Å²) in [6.45, 7) is 0. The van der Waals surface area contributed by atoms with E-state index in [1.807, 2.05) is 0 Å². The number of hydrogen-bond donors (Lipinski definition) is 0. The molecule has 0 aliphatic carbocycles. The molecule has 0 radical (unpaired) electrons. The molecule has 406 valence electrons. The third-order valence-corrected chi connectivity index (χ3v) is 17.9. The number of benzene rings is 16. The van der Waals surface area contributed by atoms with Crippen LogP contribution in [0.5, 0.6) is 0 Å². The highest BCUT2D eigenvalue weighted by Crippen LogP contribution is 2.47. The van der Waals surface area contributed by atoms with Gasteiger partial charge in [-0.05, 0) is 178 Å². The first-order chi connectivity index (χ1) is 43.2. The fourth-order valence-corrected chi connectivity index (χ4v) is 13.9. The lowest BCUT2D eigenvalue weighted by Gasteiger charge is -2.28. The fourth-order valence-electron chi connectivity index (χ4n) is 13.9. The van der Waals surface area contributed by atoms with Crippen LogP contribution in [0, 0.1) is 0 Å². The molecule has 0 saturated carbocycles. The highest BCUT2D eigenvalue weighted by molar-refractivity contribution is 6.26. The standard InChI is InChI=1S/C84H55N3/c1-3-19-57(20-4-1)69-49-52-82(77-34-16-15-29-71(69)77)86(64-44-39-60(40-45-64)68-35-17-23-58-21-7-9-27-67(58)68)65-47-51-84-80(55-65)79-53-61(56-37-42-63(43-38-56)85(62-25-5-2-6-26-62)81-36-18-24-59-22-8-10-28-70(59)81)41-50-83(79)87(84)66-46-48-76-74-32-12-11-30-72(74)73-31-13-14-33-75(73)78(76)54-66/h1-55H. The Morgan fingerprint density at radius 1 is 0.195 bits per heavy atom. The summed E-state index contributed by atoms with van der Waals surface area (Å²) in [5, 5.41) is 17.1. The Balaban J connectivity index is 0.873. The predicted molar refractivity (Wildman–Crippen MR) is 371 cm³/mol. The van der Waals surface area contributed by atoms with Crippen molar-refractivity contribution < 1.29 is 0 Å². The first kappa shape index (κ1) is 50.0. The summed E-state index contributed by atoms with van der Waals surface area (Å²) in [6, 6.07) is 123. The smallest absolute Gasteiger partial charge is 0.0542 e. The molecule has 0 unspecified atom stereocenters. The number of hydrogen-bond acceptors (Lipinski definition) is 2. The Hall–Kier alpha value is -11.5. The third-order valence-electron chi connectivity index (χ3n) is 17.9. The number of fused-ring (bicyclic) bond motifs is 12. The van der Waals surface area contributed by atoms with E-state index in [0.717, 1.165) is 62.0 Å². The summed E-state index contributed by atoms with van der Waals surface area (Å²) < 4.78 is 2.49. The van der Waals surface area contributed by atoms with E-state index < -0.39 is 0 Å². The van der Waals surface area contributed by atoms with Crippen LogP contribution >= 0.6 is 0 Å². The highest BCUT2D eigenvalue weighted by atomic mass is 15.1. The SMILES string of the molecule is c1ccc(-c2ccc(N(c3ccc(-c4cccc5ccccc45)cc3)c3ccc4c(c3)c3cc(-c5ccc(N(c6ccccc6)c6cccc7ccccc67)cc5)ccc3n4-c3ccc4c5ccccc5c5ccccc5c4c3)c3ccccc23)cc1. The number of para-hydroxylation sites is 1. The quantitative estimate of drug-likeness (QED) is 0.126. The average molecular weight is 1110 g/mol. The average Bonchev–Trinajstić information content (AvgIpc) is 1.91. The van der Waals surface area contributed by atoms with Gasteiger partial charge in [-0.1, -0.05) is 243 Å². The molecule has 3 heteroatoms. The van der Waals surface area contributed by atoms with E-state index in [-0.39, 0.29) is 0 Å². The van der Waals surface area contributed by atoms with Gasteiger partial charge < -0.3 is 14.4 Å². The minimum atomic E-state index is 1.07. The minimum Gasteiger partial charge on any atom is -0.310 e. The molecule has 87 heavy (non-hydrogen) atoms. The number of nitrogens with zero attached hydrogens (tertiary/aromatic N) is 3. The maximum absolute atomic E-state index is 2.49. The molecule has 0 spiro atoms. The summed E-state index contributed by atoms with van der Waals surface area (Å²) in [5.74, 6) is 0. The van der Waals surface area contributed by atoms with Crippen LogP contribution in [0.25, 0.3) is 126 Å². The Kier molecular flexibility index (Phi) is 11.9. The number of anilines is 6. The first-order valence-corrected chi connectivity index (χ1v) is 30.0. The second-order valence-electron chi connectivity index (χ2n) is 22.8. The molecule has 0 aliphatic rings. The zero-order valence-electron chi connectivity index (χ0n) is 47.6. The summed E-state index contributed by atoms with van der Waals surface area (Å²) in [6.07, 6.45) is 0. The van der Waals surface area contributed by atoms with Gasteiger partial charge >= 0.3 is 0 Å². The van der Waals surface area contributed by atoms with Crippen molar-refractivity contribution in [1.82, 2.24) is 4.57 Å². The minimum absolute atomic E-state index is 1.07. The summed E-state index contributed by atoms with van der Waals surface area (Å²) in [7, 11) is 0. The van der Waals surface area contributed by atoms with Crippen molar-refractivity contribution in [3.05, 3.63) is 334 Å². The van der Waals surface area contributed by atoms with Crippen LogP contribution in [-0.4, -0.2) is 4.57 Å². The zero-order chi connectivity index (χ0) is 57.4. The number of rotatable bonds is 10. The lowest BCUT2D eigenvalue weighted by atomic mass is 9.94. The molecule has 0 aliphatic heterocycles. The lowest BCUT2D eigenvalue weighted by Crippen LogP contribution is -2.10. The van der Waals surface area contributed by atoms with Crippen molar-refractivity contribution in [2.75, 3.05) is 9.80 Å². The Morgan fingerprint density at radius 2 is 0.632 bits per heavy atom. The van der Waals surface area contributed by atoms with E-state index >= 15 is 0 Å². The molecule has 1 aromatic heterocycles. The van der Waals surface area contributed by atoms with Crippen LogP contribution in [0.2, 0.25) is 0 Å². The fraction of sp³-hybridized carbons (Fsp3) is 0. The molecule has 3 nitrogen and oxygen atoms in total. The molecule has 0 fully saturated rings. The molecule has 0 amide bonds. The van der Waals surface area contributed by atoms with Gasteiger partial charge in [-0.2, -0.15) is 0 Å². The van der Waals surface area contributed by atoms with E-state index in [2.05, 4.69) is 348 Å². The summed E-state index contributed by atoms with van der Waals surface area (Å²) in [5.41, 5.74) is 17.1. The Bertz CT molecular complexity index is 5470. The molecular formula is C84H55N3. The van der Waals surface area contributed by atoms with Gasteiger partial charge in [0.1, 0.15) is 0 Å². The lowest BCUT2D eigenvalue weighted by molar-refractivity contribution is 1.18. The topological polar surface area (TPSA) is 11.4 Å². The molecule has 16 aromatic carbocycles.